The topological polar surface area (TPSA) is 55.1 Å². The van der Waals surface area contributed by atoms with E-state index in [2.05, 4.69) is 5.32 Å². The van der Waals surface area contributed by atoms with Gasteiger partial charge in [0.1, 0.15) is 0 Å². The van der Waals surface area contributed by atoms with Gasteiger partial charge in [0.2, 0.25) is 5.91 Å². The molecule has 1 heterocycles. The van der Waals surface area contributed by atoms with Crippen molar-refractivity contribution in [2.45, 2.75) is 44.6 Å². The van der Waals surface area contributed by atoms with Crippen LogP contribution in [0.4, 0.5) is 0 Å². The molecule has 0 spiro atoms. The minimum Gasteiger partial charge on any atom is -0.370 e. The van der Waals surface area contributed by atoms with Crippen molar-refractivity contribution >= 4 is 5.91 Å². The Morgan fingerprint density at radius 2 is 2.33 bits per heavy atom. The van der Waals surface area contributed by atoms with Crippen molar-refractivity contribution in [3.8, 4) is 0 Å². The molecule has 0 aliphatic carbocycles. The molecule has 1 rings (SSSR count). The fourth-order valence-electron chi connectivity index (χ4n) is 1.69. The maximum atomic E-state index is 10.4. The third kappa shape index (κ3) is 3.72. The van der Waals surface area contributed by atoms with Gasteiger partial charge in [-0.3, -0.25) is 4.79 Å². The second kappa shape index (κ2) is 5.14. The summed E-state index contributed by atoms with van der Waals surface area (Å²) in [6.07, 6.45) is 6.47. The van der Waals surface area contributed by atoms with Crippen molar-refractivity contribution in [3.63, 3.8) is 0 Å². The van der Waals surface area contributed by atoms with Crippen LogP contribution >= 0.6 is 0 Å². The van der Waals surface area contributed by atoms with E-state index in [1.165, 1.54) is 19.3 Å². The van der Waals surface area contributed by atoms with Gasteiger partial charge in [0, 0.05) is 12.5 Å². The average Bonchev–Trinajstić information content (AvgIpc) is 2.05. The molecule has 1 amide bonds. The molecule has 0 aromatic rings. The van der Waals surface area contributed by atoms with Gasteiger partial charge in [-0.05, 0) is 32.2 Å². The van der Waals surface area contributed by atoms with Gasteiger partial charge in [-0.25, -0.2) is 0 Å². The Kier molecular flexibility index (Phi) is 4.08. The van der Waals surface area contributed by atoms with Crippen molar-refractivity contribution < 1.29 is 4.79 Å². The van der Waals surface area contributed by atoms with Crippen LogP contribution in [-0.2, 0) is 4.79 Å². The van der Waals surface area contributed by atoms with Crippen molar-refractivity contribution in [3.05, 3.63) is 0 Å². The van der Waals surface area contributed by atoms with E-state index in [1.807, 2.05) is 0 Å². The van der Waals surface area contributed by atoms with Crippen LogP contribution in [0.2, 0.25) is 0 Å². The summed E-state index contributed by atoms with van der Waals surface area (Å²) in [5.41, 5.74) is 5.05. The zero-order valence-corrected chi connectivity index (χ0v) is 7.51. The lowest BCUT2D eigenvalue weighted by Gasteiger charge is -2.22. The van der Waals surface area contributed by atoms with Crippen LogP contribution in [0.15, 0.2) is 0 Å². The molecule has 12 heavy (non-hydrogen) atoms. The van der Waals surface area contributed by atoms with Crippen LogP contribution in [0.1, 0.15) is 38.5 Å². The molecule has 0 radical (unpaired) electrons. The number of nitrogens with one attached hydrogen (secondary N) is 1. The van der Waals surface area contributed by atoms with Gasteiger partial charge in [0.25, 0.3) is 0 Å². The van der Waals surface area contributed by atoms with E-state index in [4.69, 9.17) is 5.73 Å². The Bertz CT molecular complexity index is 141. The van der Waals surface area contributed by atoms with Crippen molar-refractivity contribution in [1.29, 1.82) is 0 Å². The number of carbonyl (C=O) groups is 1. The molecule has 1 unspecified atom stereocenters. The predicted molar refractivity (Wildman–Crippen MR) is 48.7 cm³/mol. The summed E-state index contributed by atoms with van der Waals surface area (Å²) in [7, 11) is 0. The molecule has 1 aliphatic heterocycles. The fourth-order valence-corrected chi connectivity index (χ4v) is 1.69. The monoisotopic (exact) mass is 170 g/mol. The Morgan fingerprint density at radius 1 is 1.50 bits per heavy atom. The van der Waals surface area contributed by atoms with Gasteiger partial charge in [0.15, 0.2) is 0 Å². The summed E-state index contributed by atoms with van der Waals surface area (Å²) in [4.78, 5) is 10.4. The molecule has 3 heteroatoms. The molecule has 0 bridgehead atoms. The number of primary amides is 1. The van der Waals surface area contributed by atoms with Crippen molar-refractivity contribution in [2.75, 3.05) is 6.54 Å². The van der Waals surface area contributed by atoms with Crippen LogP contribution < -0.4 is 11.1 Å². The van der Waals surface area contributed by atoms with E-state index in [1.54, 1.807) is 0 Å². The van der Waals surface area contributed by atoms with Gasteiger partial charge >= 0.3 is 0 Å². The number of amides is 1. The average molecular weight is 170 g/mol. The molecule has 1 fully saturated rings. The summed E-state index contributed by atoms with van der Waals surface area (Å²) in [5.74, 6) is -0.175. The van der Waals surface area contributed by atoms with E-state index in [0.717, 1.165) is 19.4 Å². The molecule has 3 N–H and O–H groups in total. The SMILES string of the molecule is NC(=O)CCCC1CCCCN1. The van der Waals surface area contributed by atoms with Crippen LogP contribution in [0.25, 0.3) is 0 Å². The van der Waals surface area contributed by atoms with Gasteiger partial charge in [0.05, 0.1) is 0 Å². The van der Waals surface area contributed by atoms with Gasteiger partial charge in [-0.1, -0.05) is 6.42 Å². The fraction of sp³-hybridized carbons (Fsp3) is 0.889. The highest BCUT2D eigenvalue weighted by atomic mass is 16.1. The first-order chi connectivity index (χ1) is 5.79. The standard InChI is InChI=1S/C9H18N2O/c10-9(12)6-3-5-8-4-1-2-7-11-8/h8,11H,1-7H2,(H2,10,12). The zero-order valence-electron chi connectivity index (χ0n) is 7.51. The number of hydrogen-bond acceptors (Lipinski definition) is 2. The third-order valence-corrected chi connectivity index (χ3v) is 2.39. The lowest BCUT2D eigenvalue weighted by molar-refractivity contribution is -0.118. The number of hydrogen-bond donors (Lipinski definition) is 2. The summed E-state index contributed by atoms with van der Waals surface area (Å²) < 4.78 is 0. The summed E-state index contributed by atoms with van der Waals surface area (Å²) >= 11 is 0. The highest BCUT2D eigenvalue weighted by Crippen LogP contribution is 2.12. The van der Waals surface area contributed by atoms with Gasteiger partial charge in [-0.2, -0.15) is 0 Å². The Labute approximate surface area is 73.7 Å². The molecular weight excluding hydrogens is 152 g/mol. The molecule has 1 atom stereocenters. The largest absolute Gasteiger partial charge is 0.370 e. The molecule has 0 saturated carbocycles. The Hall–Kier alpha value is -0.570. The van der Waals surface area contributed by atoms with E-state index < -0.39 is 0 Å². The lowest BCUT2D eigenvalue weighted by atomic mass is 10.00. The summed E-state index contributed by atoms with van der Waals surface area (Å²) in [6, 6.07) is 0.637. The van der Waals surface area contributed by atoms with E-state index in [-0.39, 0.29) is 5.91 Å². The van der Waals surface area contributed by atoms with Crippen LogP contribution in [0.5, 0.6) is 0 Å². The first-order valence-corrected chi connectivity index (χ1v) is 4.81. The lowest BCUT2D eigenvalue weighted by Crippen LogP contribution is -2.33. The van der Waals surface area contributed by atoms with Crippen LogP contribution in [0, 0.1) is 0 Å². The number of piperidine rings is 1. The smallest absolute Gasteiger partial charge is 0.217 e. The third-order valence-electron chi connectivity index (χ3n) is 2.39. The molecule has 1 saturated heterocycles. The Balaban J connectivity index is 2.01. The van der Waals surface area contributed by atoms with E-state index >= 15 is 0 Å². The van der Waals surface area contributed by atoms with Crippen molar-refractivity contribution in [1.82, 2.24) is 5.32 Å². The molecule has 1 aliphatic rings. The minimum absolute atomic E-state index is 0.175. The normalized spacial score (nSPS) is 23.8. The first kappa shape index (κ1) is 9.52. The second-order valence-corrected chi connectivity index (χ2v) is 3.51. The maximum Gasteiger partial charge on any atom is 0.217 e. The van der Waals surface area contributed by atoms with Crippen LogP contribution in [0.3, 0.4) is 0 Å². The molecule has 0 aromatic heterocycles. The predicted octanol–water partition coefficient (Wildman–Crippen LogP) is 0.784. The Morgan fingerprint density at radius 3 is 2.92 bits per heavy atom. The molecule has 0 aromatic carbocycles. The number of nitrogens with two attached hydrogens (primary N) is 1. The number of rotatable bonds is 4. The summed E-state index contributed by atoms with van der Waals surface area (Å²) in [5, 5.41) is 3.44. The van der Waals surface area contributed by atoms with Crippen molar-refractivity contribution in [2.24, 2.45) is 5.73 Å². The van der Waals surface area contributed by atoms with Crippen LogP contribution in [-0.4, -0.2) is 18.5 Å². The number of carbonyl (C=O) groups excluding carboxylic acids is 1. The summed E-state index contributed by atoms with van der Waals surface area (Å²) in [6.45, 7) is 1.14. The van der Waals surface area contributed by atoms with Gasteiger partial charge in [-0.15, -0.1) is 0 Å². The second-order valence-electron chi connectivity index (χ2n) is 3.51. The molecular formula is C9H18N2O. The van der Waals surface area contributed by atoms with E-state index in [9.17, 15) is 4.79 Å². The quantitative estimate of drug-likeness (QED) is 0.655. The molecule has 3 nitrogen and oxygen atoms in total. The minimum atomic E-state index is -0.175. The molecule has 70 valence electrons. The maximum absolute atomic E-state index is 10.4. The van der Waals surface area contributed by atoms with E-state index in [0.29, 0.717) is 12.5 Å². The van der Waals surface area contributed by atoms with Gasteiger partial charge < -0.3 is 11.1 Å². The highest BCUT2D eigenvalue weighted by molar-refractivity contribution is 5.73. The highest BCUT2D eigenvalue weighted by Gasteiger charge is 2.11. The first-order valence-electron chi connectivity index (χ1n) is 4.81. The zero-order chi connectivity index (χ0) is 8.81.